The zero-order valence-electron chi connectivity index (χ0n) is 8.50. The van der Waals surface area contributed by atoms with E-state index < -0.39 is 21.3 Å². The van der Waals surface area contributed by atoms with Gasteiger partial charge in [-0.3, -0.25) is 5.32 Å². The number of hydrogen-bond acceptors (Lipinski definition) is 5. The van der Waals surface area contributed by atoms with E-state index in [4.69, 9.17) is 5.14 Å². The molecule has 1 rings (SSSR count). The van der Waals surface area contributed by atoms with Crippen LogP contribution in [-0.4, -0.2) is 31.2 Å². The van der Waals surface area contributed by atoms with Gasteiger partial charge in [0, 0.05) is 18.1 Å². The number of carbonyl (C=O) groups is 1. The highest BCUT2D eigenvalue weighted by Crippen LogP contribution is 2.09. The Morgan fingerprint density at radius 1 is 1.69 bits per heavy atom. The van der Waals surface area contributed by atoms with Crippen molar-refractivity contribution in [1.29, 1.82) is 0 Å². The number of thiazole rings is 1. The molecule has 1 atom stereocenters. The van der Waals surface area contributed by atoms with Crippen molar-refractivity contribution in [2.24, 2.45) is 5.14 Å². The summed E-state index contributed by atoms with van der Waals surface area (Å²) >= 11 is 1.27. The minimum atomic E-state index is -3.62. The summed E-state index contributed by atoms with van der Waals surface area (Å²) in [5.74, 6) is 0. The van der Waals surface area contributed by atoms with Crippen LogP contribution in [0.3, 0.4) is 0 Å². The van der Waals surface area contributed by atoms with Gasteiger partial charge in [0.05, 0.1) is 5.25 Å². The molecule has 0 saturated carbocycles. The molecule has 1 aromatic rings. The van der Waals surface area contributed by atoms with E-state index in [0.717, 1.165) is 0 Å². The molecule has 4 N–H and O–H groups in total. The zero-order chi connectivity index (χ0) is 12.2. The Bertz CT molecular complexity index is 442. The standard InChI is InChI=1S/C7H12N4O3S2/c1-5(16(8,13)14)4-10-6(12)11-7-9-2-3-15-7/h2-3,5H,4H2,1H3,(H2,8,13,14)(H2,9,10,11,12)/t5-/m1/s1. The molecule has 1 heterocycles. The lowest BCUT2D eigenvalue weighted by Gasteiger charge is -2.10. The van der Waals surface area contributed by atoms with Crippen LogP contribution in [0.2, 0.25) is 0 Å². The third kappa shape index (κ3) is 4.13. The second-order valence-corrected chi connectivity index (χ2v) is 5.95. The maximum Gasteiger partial charge on any atom is 0.321 e. The van der Waals surface area contributed by atoms with Crippen molar-refractivity contribution in [2.45, 2.75) is 12.2 Å². The van der Waals surface area contributed by atoms with Crippen LogP contribution in [0.4, 0.5) is 9.93 Å². The number of hydrogen-bond donors (Lipinski definition) is 3. The molecule has 90 valence electrons. The average Bonchev–Trinajstić information content (AvgIpc) is 2.65. The summed E-state index contributed by atoms with van der Waals surface area (Å²) < 4.78 is 21.7. The van der Waals surface area contributed by atoms with Crippen LogP contribution >= 0.6 is 11.3 Å². The second-order valence-electron chi connectivity index (χ2n) is 3.07. The van der Waals surface area contributed by atoms with Gasteiger partial charge < -0.3 is 5.32 Å². The van der Waals surface area contributed by atoms with Crippen LogP contribution < -0.4 is 15.8 Å². The van der Waals surface area contributed by atoms with Gasteiger partial charge in [0.2, 0.25) is 10.0 Å². The van der Waals surface area contributed by atoms with Crippen LogP contribution in [0.1, 0.15) is 6.92 Å². The predicted molar refractivity (Wildman–Crippen MR) is 61.7 cm³/mol. The van der Waals surface area contributed by atoms with E-state index in [9.17, 15) is 13.2 Å². The average molecular weight is 264 g/mol. The number of urea groups is 1. The first-order chi connectivity index (χ1) is 7.39. The summed E-state index contributed by atoms with van der Waals surface area (Å²) in [6, 6.07) is -0.509. The monoisotopic (exact) mass is 264 g/mol. The summed E-state index contributed by atoms with van der Waals surface area (Å²) in [7, 11) is -3.62. The first kappa shape index (κ1) is 12.9. The number of anilines is 1. The molecule has 0 saturated heterocycles. The smallest absolute Gasteiger partial charge is 0.321 e. The number of amides is 2. The van der Waals surface area contributed by atoms with E-state index in [1.807, 2.05) is 0 Å². The molecule has 9 heteroatoms. The molecule has 7 nitrogen and oxygen atoms in total. The van der Waals surface area contributed by atoms with Crippen LogP contribution in [0.5, 0.6) is 0 Å². The molecule has 0 bridgehead atoms. The lowest BCUT2D eigenvalue weighted by molar-refractivity contribution is 0.252. The maximum absolute atomic E-state index is 11.3. The van der Waals surface area contributed by atoms with Crippen LogP contribution in [0, 0.1) is 0 Å². The first-order valence-electron chi connectivity index (χ1n) is 4.35. The van der Waals surface area contributed by atoms with E-state index in [-0.39, 0.29) is 6.54 Å². The predicted octanol–water partition coefficient (Wildman–Crippen LogP) is -0.0584. The number of nitrogens with two attached hydrogens (primary N) is 1. The number of primary sulfonamides is 1. The maximum atomic E-state index is 11.3. The van der Waals surface area contributed by atoms with Crippen molar-refractivity contribution in [1.82, 2.24) is 10.3 Å². The quantitative estimate of drug-likeness (QED) is 0.706. The highest BCUT2D eigenvalue weighted by molar-refractivity contribution is 7.89. The Labute approximate surface area is 97.1 Å². The highest BCUT2D eigenvalue weighted by atomic mass is 32.2. The van der Waals surface area contributed by atoms with E-state index in [1.165, 1.54) is 18.3 Å². The van der Waals surface area contributed by atoms with Crippen molar-refractivity contribution in [2.75, 3.05) is 11.9 Å². The van der Waals surface area contributed by atoms with E-state index >= 15 is 0 Å². The van der Waals surface area contributed by atoms with Gasteiger partial charge in [-0.1, -0.05) is 0 Å². The van der Waals surface area contributed by atoms with Crippen molar-refractivity contribution in [3.8, 4) is 0 Å². The Balaban J connectivity index is 2.36. The van der Waals surface area contributed by atoms with Gasteiger partial charge in [0.25, 0.3) is 0 Å². The van der Waals surface area contributed by atoms with Gasteiger partial charge >= 0.3 is 6.03 Å². The van der Waals surface area contributed by atoms with Crippen molar-refractivity contribution >= 4 is 32.5 Å². The third-order valence-corrected chi connectivity index (χ3v) is 3.74. The highest BCUT2D eigenvalue weighted by Gasteiger charge is 2.16. The number of carbonyl (C=O) groups excluding carboxylic acids is 1. The minimum Gasteiger partial charge on any atom is -0.336 e. The number of aromatic nitrogens is 1. The lowest BCUT2D eigenvalue weighted by Crippen LogP contribution is -2.39. The molecule has 0 spiro atoms. The molecule has 0 unspecified atom stereocenters. The number of nitrogens with zero attached hydrogens (tertiary/aromatic N) is 1. The summed E-state index contributed by atoms with van der Waals surface area (Å²) in [5, 5.41) is 11.1. The fraction of sp³-hybridized carbons (Fsp3) is 0.429. The molecule has 1 aromatic heterocycles. The third-order valence-electron chi connectivity index (χ3n) is 1.76. The summed E-state index contributed by atoms with van der Waals surface area (Å²) in [5.41, 5.74) is 0. The van der Waals surface area contributed by atoms with Gasteiger partial charge in [-0.25, -0.2) is 23.3 Å². The number of sulfonamides is 1. The van der Waals surface area contributed by atoms with Crippen molar-refractivity contribution in [3.05, 3.63) is 11.6 Å². The number of rotatable bonds is 4. The second kappa shape index (κ2) is 5.23. The van der Waals surface area contributed by atoms with Crippen LogP contribution in [0.15, 0.2) is 11.6 Å². The largest absolute Gasteiger partial charge is 0.336 e. The summed E-state index contributed by atoms with van der Waals surface area (Å²) in [6.45, 7) is 1.37. The molecule has 0 aromatic carbocycles. The summed E-state index contributed by atoms with van der Waals surface area (Å²) in [4.78, 5) is 15.1. The SMILES string of the molecule is C[C@H](CNC(=O)Nc1nccs1)S(N)(=O)=O. The first-order valence-corrected chi connectivity index (χ1v) is 6.84. The van der Waals surface area contributed by atoms with Crippen LogP contribution in [-0.2, 0) is 10.0 Å². The van der Waals surface area contributed by atoms with E-state index in [0.29, 0.717) is 5.13 Å². The van der Waals surface area contributed by atoms with Gasteiger partial charge in [-0.15, -0.1) is 11.3 Å². The van der Waals surface area contributed by atoms with Crippen molar-refractivity contribution in [3.63, 3.8) is 0 Å². The van der Waals surface area contributed by atoms with E-state index in [1.54, 1.807) is 11.6 Å². The molecule has 16 heavy (non-hydrogen) atoms. The minimum absolute atomic E-state index is 0.0456. The molecule has 0 radical (unpaired) electrons. The van der Waals surface area contributed by atoms with Gasteiger partial charge in [-0.05, 0) is 6.92 Å². The summed E-state index contributed by atoms with van der Waals surface area (Å²) in [6.07, 6.45) is 1.55. The topological polar surface area (TPSA) is 114 Å². The normalized spacial score (nSPS) is 13.1. The van der Waals surface area contributed by atoms with Crippen molar-refractivity contribution < 1.29 is 13.2 Å². The molecular weight excluding hydrogens is 252 g/mol. The van der Waals surface area contributed by atoms with Gasteiger partial charge in [0.1, 0.15) is 0 Å². The van der Waals surface area contributed by atoms with Crippen LogP contribution in [0.25, 0.3) is 0 Å². The molecule has 0 aliphatic carbocycles. The molecular formula is C7H12N4O3S2. The lowest BCUT2D eigenvalue weighted by atomic mass is 10.5. The Morgan fingerprint density at radius 2 is 2.38 bits per heavy atom. The Morgan fingerprint density at radius 3 is 2.88 bits per heavy atom. The number of nitrogens with one attached hydrogen (secondary N) is 2. The fourth-order valence-corrected chi connectivity index (χ4v) is 1.62. The van der Waals surface area contributed by atoms with Gasteiger partial charge in [0.15, 0.2) is 5.13 Å². The molecule has 0 aliphatic rings. The Hall–Kier alpha value is -1.19. The zero-order valence-corrected chi connectivity index (χ0v) is 10.1. The molecule has 0 fully saturated rings. The van der Waals surface area contributed by atoms with E-state index in [2.05, 4.69) is 15.6 Å². The Kier molecular flexibility index (Phi) is 4.21. The molecule has 2 amide bonds. The molecule has 0 aliphatic heterocycles. The fourth-order valence-electron chi connectivity index (χ4n) is 0.779. The van der Waals surface area contributed by atoms with Gasteiger partial charge in [-0.2, -0.15) is 0 Å².